The normalized spacial score (nSPS) is 12.0. The molecule has 0 saturated carbocycles. The van der Waals surface area contributed by atoms with Gasteiger partial charge in [-0.1, -0.05) is 34.6 Å². The Balaban J connectivity index is 3.10. The monoisotopic (exact) mass is 276 g/mol. The first-order valence-electron chi connectivity index (χ1n) is 6.15. The molecule has 108 valence electrons. The van der Waals surface area contributed by atoms with Crippen molar-refractivity contribution in [2.45, 2.75) is 20.5 Å². The van der Waals surface area contributed by atoms with Crippen LogP contribution in [-0.2, 0) is 16.3 Å². The van der Waals surface area contributed by atoms with Crippen molar-refractivity contribution >= 4 is 17.3 Å². The number of aliphatic imine (C=N–C) groups is 1. The van der Waals surface area contributed by atoms with Gasteiger partial charge >= 0.3 is 0 Å². The number of oxime groups is 2. The molecule has 6 heteroatoms. The fraction of sp³-hybridized carbons (Fsp3) is 0.357. The van der Waals surface area contributed by atoms with Gasteiger partial charge < -0.3 is 15.4 Å². The van der Waals surface area contributed by atoms with E-state index in [1.807, 2.05) is 38.1 Å². The third-order valence-electron chi connectivity index (χ3n) is 2.41. The van der Waals surface area contributed by atoms with Crippen molar-refractivity contribution < 1.29 is 9.68 Å². The first kappa shape index (κ1) is 15.7. The van der Waals surface area contributed by atoms with Crippen LogP contribution in [-0.4, -0.2) is 31.4 Å². The number of benzene rings is 1. The summed E-state index contributed by atoms with van der Waals surface area (Å²) in [7, 11) is 3.07. The summed E-state index contributed by atoms with van der Waals surface area (Å²) in [4.78, 5) is 14.1. The zero-order chi connectivity index (χ0) is 15.0. The van der Waals surface area contributed by atoms with Gasteiger partial charge in [0.15, 0.2) is 5.71 Å². The predicted octanol–water partition coefficient (Wildman–Crippen LogP) is 1.94. The number of rotatable bonds is 6. The van der Waals surface area contributed by atoms with E-state index in [1.165, 1.54) is 7.11 Å². The Labute approximate surface area is 119 Å². The molecule has 0 aliphatic carbocycles. The molecule has 0 saturated heterocycles. The molecule has 0 bridgehead atoms. The maximum atomic E-state index is 5.85. The van der Waals surface area contributed by atoms with Crippen molar-refractivity contribution in [3.05, 3.63) is 35.4 Å². The van der Waals surface area contributed by atoms with E-state index in [-0.39, 0.29) is 0 Å². The molecule has 0 unspecified atom stereocenters. The van der Waals surface area contributed by atoms with E-state index in [1.54, 1.807) is 7.05 Å². The Morgan fingerprint density at radius 1 is 1.20 bits per heavy atom. The highest BCUT2D eigenvalue weighted by atomic mass is 16.6. The van der Waals surface area contributed by atoms with Crippen molar-refractivity contribution in [2.75, 3.05) is 14.2 Å². The topological polar surface area (TPSA) is 81.6 Å². The lowest BCUT2D eigenvalue weighted by molar-refractivity contribution is 0.130. The molecule has 0 spiro atoms. The summed E-state index contributed by atoms with van der Waals surface area (Å²) in [6, 6.07) is 7.61. The van der Waals surface area contributed by atoms with Gasteiger partial charge in [0.1, 0.15) is 19.6 Å². The lowest BCUT2D eigenvalue weighted by Gasteiger charge is -2.10. The van der Waals surface area contributed by atoms with Gasteiger partial charge in [-0.2, -0.15) is 0 Å². The molecule has 1 aromatic carbocycles. The smallest absolute Gasteiger partial charge is 0.152 e. The van der Waals surface area contributed by atoms with Crippen LogP contribution in [0.5, 0.6) is 0 Å². The molecule has 0 radical (unpaired) electrons. The molecular formula is C14H20N4O2. The third-order valence-corrected chi connectivity index (χ3v) is 2.41. The zero-order valence-corrected chi connectivity index (χ0v) is 12.3. The second-order valence-electron chi connectivity index (χ2n) is 4.20. The van der Waals surface area contributed by atoms with Gasteiger partial charge in [-0.15, -0.1) is 0 Å². The van der Waals surface area contributed by atoms with Crippen LogP contribution in [0.15, 0.2) is 39.6 Å². The van der Waals surface area contributed by atoms with Crippen molar-refractivity contribution in [1.29, 1.82) is 0 Å². The molecule has 2 N–H and O–H groups in total. The SMILES string of the molecule is CN=C(N)/C(=N\OC)c1ccccc1CON=C(C)C. The van der Waals surface area contributed by atoms with Crippen molar-refractivity contribution in [2.24, 2.45) is 21.0 Å². The Hall–Kier alpha value is -2.37. The first-order valence-corrected chi connectivity index (χ1v) is 6.15. The predicted molar refractivity (Wildman–Crippen MR) is 81.1 cm³/mol. The second kappa shape index (κ2) is 7.93. The van der Waals surface area contributed by atoms with Gasteiger partial charge in [0.25, 0.3) is 0 Å². The van der Waals surface area contributed by atoms with Gasteiger partial charge in [0, 0.05) is 18.2 Å². The van der Waals surface area contributed by atoms with E-state index in [9.17, 15) is 0 Å². The van der Waals surface area contributed by atoms with Crippen LogP contribution in [0.4, 0.5) is 0 Å². The fourth-order valence-electron chi connectivity index (χ4n) is 1.54. The molecule has 0 heterocycles. The minimum atomic E-state index is 0.300. The Morgan fingerprint density at radius 3 is 2.50 bits per heavy atom. The molecule has 0 amide bonds. The molecule has 0 aliphatic rings. The van der Waals surface area contributed by atoms with E-state index >= 15 is 0 Å². The van der Waals surface area contributed by atoms with Crippen molar-refractivity contribution in [1.82, 2.24) is 0 Å². The average Bonchev–Trinajstić information content (AvgIpc) is 2.44. The fourth-order valence-corrected chi connectivity index (χ4v) is 1.54. The summed E-state index contributed by atoms with van der Waals surface area (Å²) in [5.41, 5.74) is 8.89. The Kier molecular flexibility index (Phi) is 6.22. The molecule has 0 aliphatic heterocycles. The van der Waals surface area contributed by atoms with Crippen molar-refractivity contribution in [3.8, 4) is 0 Å². The number of hydrogen-bond donors (Lipinski definition) is 1. The number of amidine groups is 1. The second-order valence-corrected chi connectivity index (χ2v) is 4.20. The summed E-state index contributed by atoms with van der Waals surface area (Å²) in [6.45, 7) is 4.05. The van der Waals surface area contributed by atoms with E-state index in [4.69, 9.17) is 15.4 Å². The van der Waals surface area contributed by atoms with E-state index in [0.29, 0.717) is 18.2 Å². The maximum Gasteiger partial charge on any atom is 0.152 e. The van der Waals surface area contributed by atoms with E-state index in [2.05, 4.69) is 15.3 Å². The Bertz CT molecular complexity index is 532. The standard InChI is InChI=1S/C14H20N4O2/c1-10(2)17-20-9-11-7-5-6-8-12(11)13(18-19-4)14(15)16-3/h5-8H,9H2,1-4H3,(H2,15,16)/b18-13-. The molecule has 1 aromatic rings. The van der Waals surface area contributed by atoms with E-state index in [0.717, 1.165) is 16.8 Å². The quantitative estimate of drug-likeness (QED) is 0.489. The van der Waals surface area contributed by atoms with Gasteiger partial charge in [-0.05, 0) is 13.8 Å². The van der Waals surface area contributed by atoms with Gasteiger partial charge in [0.2, 0.25) is 0 Å². The van der Waals surface area contributed by atoms with Crippen LogP contribution in [0.3, 0.4) is 0 Å². The zero-order valence-electron chi connectivity index (χ0n) is 12.3. The van der Waals surface area contributed by atoms with Gasteiger partial charge in [-0.25, -0.2) is 0 Å². The molecule has 1 rings (SSSR count). The van der Waals surface area contributed by atoms with Crippen molar-refractivity contribution in [3.63, 3.8) is 0 Å². The molecule has 6 nitrogen and oxygen atoms in total. The summed E-state index contributed by atoms with van der Waals surface area (Å²) in [6.07, 6.45) is 0. The summed E-state index contributed by atoms with van der Waals surface area (Å²) in [5.74, 6) is 0.300. The first-order chi connectivity index (χ1) is 9.60. The van der Waals surface area contributed by atoms with Crippen LogP contribution in [0.2, 0.25) is 0 Å². The average molecular weight is 276 g/mol. The molecule has 20 heavy (non-hydrogen) atoms. The molecular weight excluding hydrogens is 256 g/mol. The highest BCUT2D eigenvalue weighted by Crippen LogP contribution is 2.12. The van der Waals surface area contributed by atoms with Crippen LogP contribution in [0.1, 0.15) is 25.0 Å². The van der Waals surface area contributed by atoms with E-state index < -0.39 is 0 Å². The van der Waals surface area contributed by atoms with Gasteiger partial charge in [-0.3, -0.25) is 4.99 Å². The van der Waals surface area contributed by atoms with Crippen LogP contribution < -0.4 is 5.73 Å². The molecule has 0 aromatic heterocycles. The molecule has 0 atom stereocenters. The summed E-state index contributed by atoms with van der Waals surface area (Å²) >= 11 is 0. The third kappa shape index (κ3) is 4.38. The summed E-state index contributed by atoms with van der Waals surface area (Å²) in [5, 5.41) is 7.85. The summed E-state index contributed by atoms with van der Waals surface area (Å²) < 4.78 is 0. The van der Waals surface area contributed by atoms with Gasteiger partial charge in [0.05, 0.1) is 5.71 Å². The Morgan fingerprint density at radius 2 is 1.90 bits per heavy atom. The minimum Gasteiger partial charge on any atom is -0.399 e. The van der Waals surface area contributed by atoms with Crippen LogP contribution >= 0.6 is 0 Å². The highest BCUT2D eigenvalue weighted by molar-refractivity contribution is 6.47. The largest absolute Gasteiger partial charge is 0.399 e. The highest BCUT2D eigenvalue weighted by Gasteiger charge is 2.13. The number of hydrogen-bond acceptors (Lipinski definition) is 5. The maximum absolute atomic E-state index is 5.85. The lowest BCUT2D eigenvalue weighted by Crippen LogP contribution is -2.26. The van der Waals surface area contributed by atoms with Crippen LogP contribution in [0, 0.1) is 0 Å². The lowest BCUT2D eigenvalue weighted by atomic mass is 10.0. The van der Waals surface area contributed by atoms with Crippen LogP contribution in [0.25, 0.3) is 0 Å². The number of nitrogens with two attached hydrogens (primary N) is 1. The minimum absolute atomic E-state index is 0.300. The number of nitrogens with zero attached hydrogens (tertiary/aromatic N) is 3. The molecule has 0 fully saturated rings.